The van der Waals surface area contributed by atoms with Crippen molar-refractivity contribution >= 4 is 45.0 Å². The molecule has 0 unspecified atom stereocenters. The normalized spacial score (nSPS) is 9.83. The van der Waals surface area contributed by atoms with Crippen molar-refractivity contribution in [1.29, 1.82) is 5.26 Å². The number of halogens is 2. The van der Waals surface area contributed by atoms with Gasteiger partial charge in [-0.1, -0.05) is 11.6 Å². The van der Waals surface area contributed by atoms with Crippen LogP contribution in [0.15, 0.2) is 28.9 Å². The predicted molar refractivity (Wildman–Crippen MR) is 73.6 cm³/mol. The summed E-state index contributed by atoms with van der Waals surface area (Å²) in [5.41, 5.74) is 6.59. The van der Waals surface area contributed by atoms with Crippen molar-refractivity contribution in [2.45, 2.75) is 0 Å². The van der Waals surface area contributed by atoms with Gasteiger partial charge in [0.15, 0.2) is 0 Å². The summed E-state index contributed by atoms with van der Waals surface area (Å²) < 4.78 is 0.648. The number of nitrogens with two attached hydrogens (primary N) is 1. The van der Waals surface area contributed by atoms with Gasteiger partial charge >= 0.3 is 0 Å². The van der Waals surface area contributed by atoms with Crippen LogP contribution in [0, 0.1) is 11.3 Å². The summed E-state index contributed by atoms with van der Waals surface area (Å²) in [6.07, 6.45) is 1.53. The second-order valence-electron chi connectivity index (χ2n) is 3.36. The van der Waals surface area contributed by atoms with Crippen LogP contribution in [0.3, 0.4) is 0 Å². The largest absolute Gasteiger partial charge is 0.368 e. The van der Waals surface area contributed by atoms with E-state index in [1.54, 1.807) is 18.2 Å². The summed E-state index contributed by atoms with van der Waals surface area (Å²) in [7, 11) is 0. The van der Waals surface area contributed by atoms with Crippen LogP contribution in [0.25, 0.3) is 0 Å². The van der Waals surface area contributed by atoms with E-state index in [0.29, 0.717) is 26.6 Å². The van der Waals surface area contributed by atoms with Crippen molar-refractivity contribution in [3.63, 3.8) is 0 Å². The molecule has 90 valence electrons. The highest BCUT2D eigenvalue weighted by Crippen LogP contribution is 2.29. The smallest absolute Gasteiger partial charge is 0.222 e. The molecular weight excluding hydrogens is 318 g/mol. The average molecular weight is 325 g/mol. The Morgan fingerprint density at radius 1 is 1.44 bits per heavy atom. The molecule has 0 saturated heterocycles. The van der Waals surface area contributed by atoms with Crippen LogP contribution in [0.1, 0.15) is 5.56 Å². The second kappa shape index (κ2) is 5.21. The maximum atomic E-state index is 8.84. The number of rotatable bonds is 2. The number of nitrogens with zero attached hydrogens (tertiary/aromatic N) is 3. The number of hydrogen-bond donors (Lipinski definition) is 2. The summed E-state index contributed by atoms with van der Waals surface area (Å²) in [4.78, 5) is 7.86. The van der Waals surface area contributed by atoms with Crippen LogP contribution in [0.4, 0.5) is 17.5 Å². The highest BCUT2D eigenvalue weighted by atomic mass is 79.9. The molecule has 7 heteroatoms. The molecule has 0 amide bonds. The van der Waals surface area contributed by atoms with E-state index in [9.17, 15) is 0 Å². The van der Waals surface area contributed by atoms with Crippen molar-refractivity contribution in [2.24, 2.45) is 0 Å². The third-order valence-electron chi connectivity index (χ3n) is 2.11. The van der Waals surface area contributed by atoms with Gasteiger partial charge in [0.25, 0.3) is 0 Å². The first-order valence-corrected chi connectivity index (χ1v) is 6.02. The fraction of sp³-hybridized carbons (Fsp3) is 0. The van der Waals surface area contributed by atoms with E-state index < -0.39 is 0 Å². The van der Waals surface area contributed by atoms with Crippen LogP contribution in [0.5, 0.6) is 0 Å². The van der Waals surface area contributed by atoms with Gasteiger partial charge in [-0.15, -0.1) is 0 Å². The van der Waals surface area contributed by atoms with Gasteiger partial charge < -0.3 is 11.1 Å². The average Bonchev–Trinajstić information content (AvgIpc) is 2.36. The van der Waals surface area contributed by atoms with Crippen LogP contribution < -0.4 is 11.1 Å². The zero-order valence-corrected chi connectivity index (χ0v) is 11.3. The minimum Gasteiger partial charge on any atom is -0.368 e. The maximum Gasteiger partial charge on any atom is 0.222 e. The van der Waals surface area contributed by atoms with E-state index in [4.69, 9.17) is 22.6 Å². The molecule has 0 spiro atoms. The molecule has 0 fully saturated rings. The fourth-order valence-electron chi connectivity index (χ4n) is 1.29. The summed E-state index contributed by atoms with van der Waals surface area (Å²) >= 11 is 9.33. The van der Waals surface area contributed by atoms with E-state index in [2.05, 4.69) is 31.2 Å². The Morgan fingerprint density at radius 3 is 2.94 bits per heavy atom. The molecule has 2 aromatic rings. The van der Waals surface area contributed by atoms with Crippen LogP contribution in [0.2, 0.25) is 5.02 Å². The SMILES string of the molecule is N#Cc1ccc(Cl)c(Nc2nc(N)ncc2Br)c1. The third-order valence-corrected chi connectivity index (χ3v) is 3.02. The maximum absolute atomic E-state index is 8.84. The lowest BCUT2D eigenvalue weighted by atomic mass is 10.2. The zero-order chi connectivity index (χ0) is 13.1. The molecule has 0 atom stereocenters. The number of nitrogens with one attached hydrogen (secondary N) is 1. The Bertz CT molecular complexity index is 638. The van der Waals surface area contributed by atoms with E-state index in [1.165, 1.54) is 6.20 Å². The minimum absolute atomic E-state index is 0.147. The standard InChI is InChI=1S/C11H7BrClN5/c12-7-5-16-11(15)18-10(7)17-9-3-6(4-14)1-2-8(9)13/h1-3,5H,(H3,15,16,17,18). The molecule has 1 aromatic carbocycles. The Labute approximate surface area is 117 Å². The van der Waals surface area contributed by atoms with Gasteiger partial charge in [0, 0.05) is 6.20 Å². The van der Waals surface area contributed by atoms with E-state index in [1.807, 2.05) is 6.07 Å². The molecule has 5 nitrogen and oxygen atoms in total. The molecule has 0 saturated carbocycles. The molecule has 0 aliphatic carbocycles. The molecule has 0 aliphatic heterocycles. The second-order valence-corrected chi connectivity index (χ2v) is 4.62. The monoisotopic (exact) mass is 323 g/mol. The Balaban J connectivity index is 2.39. The summed E-state index contributed by atoms with van der Waals surface area (Å²) in [6, 6.07) is 6.95. The molecule has 2 rings (SSSR count). The Kier molecular flexibility index (Phi) is 3.65. The first-order chi connectivity index (χ1) is 8.60. The number of nitriles is 1. The molecule has 1 aromatic heterocycles. The third kappa shape index (κ3) is 2.70. The fourth-order valence-corrected chi connectivity index (χ4v) is 1.74. The first-order valence-electron chi connectivity index (χ1n) is 4.85. The predicted octanol–water partition coefficient (Wildman–Crippen LogP) is 3.09. The molecule has 0 radical (unpaired) electrons. The lowest BCUT2D eigenvalue weighted by molar-refractivity contribution is 1.17. The lowest BCUT2D eigenvalue weighted by Gasteiger charge is -2.09. The van der Waals surface area contributed by atoms with Crippen molar-refractivity contribution in [1.82, 2.24) is 9.97 Å². The molecular formula is C11H7BrClN5. The quantitative estimate of drug-likeness (QED) is 0.886. The number of nitrogen functional groups attached to an aromatic ring is 1. The van der Waals surface area contributed by atoms with E-state index >= 15 is 0 Å². The van der Waals surface area contributed by atoms with Gasteiger partial charge in [0.1, 0.15) is 5.82 Å². The summed E-state index contributed by atoms with van der Waals surface area (Å²) in [6.45, 7) is 0. The number of hydrogen-bond acceptors (Lipinski definition) is 5. The van der Waals surface area contributed by atoms with Gasteiger partial charge in [-0.05, 0) is 34.1 Å². The number of benzene rings is 1. The van der Waals surface area contributed by atoms with Gasteiger partial charge in [-0.2, -0.15) is 10.2 Å². The summed E-state index contributed by atoms with van der Waals surface area (Å²) in [5.74, 6) is 0.632. The summed E-state index contributed by atoms with van der Waals surface area (Å²) in [5, 5.41) is 12.3. The lowest BCUT2D eigenvalue weighted by Crippen LogP contribution is -2.01. The highest BCUT2D eigenvalue weighted by Gasteiger charge is 2.07. The zero-order valence-electron chi connectivity index (χ0n) is 8.98. The molecule has 0 bridgehead atoms. The Hall–Kier alpha value is -1.84. The van der Waals surface area contributed by atoms with Crippen molar-refractivity contribution in [2.75, 3.05) is 11.1 Å². The molecule has 1 heterocycles. The van der Waals surface area contributed by atoms with E-state index in [-0.39, 0.29) is 5.95 Å². The molecule has 0 aliphatic rings. The van der Waals surface area contributed by atoms with Gasteiger partial charge in [-0.3, -0.25) is 0 Å². The van der Waals surface area contributed by atoms with Crippen LogP contribution in [-0.4, -0.2) is 9.97 Å². The first kappa shape index (κ1) is 12.6. The van der Waals surface area contributed by atoms with Crippen molar-refractivity contribution in [3.8, 4) is 6.07 Å². The Morgan fingerprint density at radius 2 is 2.22 bits per heavy atom. The van der Waals surface area contributed by atoms with E-state index in [0.717, 1.165) is 0 Å². The highest BCUT2D eigenvalue weighted by molar-refractivity contribution is 9.10. The van der Waals surface area contributed by atoms with Crippen molar-refractivity contribution in [3.05, 3.63) is 39.5 Å². The van der Waals surface area contributed by atoms with Crippen molar-refractivity contribution < 1.29 is 0 Å². The van der Waals surface area contributed by atoms with Crippen LogP contribution >= 0.6 is 27.5 Å². The van der Waals surface area contributed by atoms with Crippen LogP contribution in [-0.2, 0) is 0 Å². The topological polar surface area (TPSA) is 87.6 Å². The molecule has 18 heavy (non-hydrogen) atoms. The number of anilines is 3. The number of aromatic nitrogens is 2. The van der Waals surface area contributed by atoms with Gasteiger partial charge in [0.2, 0.25) is 5.95 Å². The van der Waals surface area contributed by atoms with Gasteiger partial charge in [-0.25, -0.2) is 4.98 Å². The van der Waals surface area contributed by atoms with Gasteiger partial charge in [0.05, 0.1) is 26.8 Å². The molecule has 3 N–H and O–H groups in total. The minimum atomic E-state index is 0.147.